The number of nitrogens with one attached hydrogen (secondary N) is 1. The Hall–Kier alpha value is -0.550. The van der Waals surface area contributed by atoms with E-state index in [1.54, 1.807) is 13.8 Å². The second-order valence-electron chi connectivity index (χ2n) is 1.79. The molecule has 0 spiro atoms. The maximum absolute atomic E-state index is 10.3. The summed E-state index contributed by atoms with van der Waals surface area (Å²) < 4.78 is 18.8. The molecular weight excluding hydrogens is 140 g/mol. The average Bonchev–Trinajstić information content (AvgIpc) is 1.59. The van der Waals surface area contributed by atoms with Crippen molar-refractivity contribution in [2.45, 2.75) is 13.8 Å². The van der Waals surface area contributed by atoms with Gasteiger partial charge in [-0.2, -0.15) is 5.10 Å². The van der Waals surface area contributed by atoms with Crippen molar-refractivity contribution in [2.75, 3.05) is 0 Å². The van der Waals surface area contributed by atoms with Crippen LogP contribution in [0.4, 0.5) is 0 Å². The third kappa shape index (κ3) is 7.45. The van der Waals surface area contributed by atoms with Crippen molar-refractivity contribution >= 4 is 21.6 Å². The zero-order chi connectivity index (χ0) is 7.49. The van der Waals surface area contributed by atoms with E-state index in [1.807, 2.05) is 4.83 Å². The summed E-state index contributed by atoms with van der Waals surface area (Å²) in [6.07, 6.45) is 0. The van der Waals surface area contributed by atoms with Crippen LogP contribution in [0.15, 0.2) is 5.10 Å². The van der Waals surface area contributed by atoms with Crippen LogP contribution in [0.5, 0.6) is 0 Å². The number of rotatable bonds is 2. The normalized spacial score (nSPS) is 15.9. The molecule has 0 amide bonds. The molecule has 54 valence electrons. The largest absolute Gasteiger partial charge is 0.298 e. The lowest BCUT2D eigenvalue weighted by atomic mass is 10.5. The Morgan fingerprint density at radius 2 is 2.22 bits per heavy atom. The lowest BCUT2D eigenvalue weighted by molar-refractivity contribution is 0.547. The first-order valence-corrected chi connectivity index (χ1v) is 3.97. The van der Waals surface area contributed by atoms with E-state index >= 15 is 0 Å². The first kappa shape index (κ1) is 8.45. The highest BCUT2D eigenvalue weighted by Crippen LogP contribution is 1.74. The molecule has 2 N–H and O–H groups in total. The predicted octanol–water partition coefficient (Wildman–Crippen LogP) is 0.0762. The van der Waals surface area contributed by atoms with E-state index in [0.29, 0.717) is 5.71 Å². The van der Waals surface area contributed by atoms with Gasteiger partial charge in [0.2, 0.25) is 0 Å². The Kier molecular flexibility index (Phi) is 2.66. The van der Waals surface area contributed by atoms with Crippen LogP contribution in [0, 0.1) is 0 Å². The van der Waals surface area contributed by atoms with Crippen molar-refractivity contribution < 1.29 is 8.76 Å². The molecule has 0 bridgehead atoms. The molecule has 0 saturated carbocycles. The average molecular weight is 150 g/mol. The highest BCUT2D eigenvalue weighted by molar-refractivity contribution is 7.93. The fourth-order valence-electron chi connectivity index (χ4n) is 0.163. The molecule has 0 aliphatic rings. The summed E-state index contributed by atoms with van der Waals surface area (Å²) >= 11 is 0. The van der Waals surface area contributed by atoms with Gasteiger partial charge in [0.1, 0.15) is 0 Å². The van der Waals surface area contributed by atoms with Crippen LogP contribution in [0.3, 0.4) is 0 Å². The fraction of sp³-hybridized carbons (Fsp3) is 0.500. The van der Waals surface area contributed by atoms with Crippen molar-refractivity contribution in [1.29, 1.82) is 0 Å². The zero-order valence-electron chi connectivity index (χ0n) is 5.42. The summed E-state index contributed by atoms with van der Waals surface area (Å²) in [5.74, 6) is 2.91. The summed E-state index contributed by atoms with van der Waals surface area (Å²) in [5, 5.41) is 3.47. The third-order valence-electron chi connectivity index (χ3n) is 0.412. The molecule has 4 nitrogen and oxygen atoms in total. The maximum atomic E-state index is 10.3. The molecule has 9 heavy (non-hydrogen) atoms. The Morgan fingerprint density at radius 1 is 1.78 bits per heavy atom. The van der Waals surface area contributed by atoms with Gasteiger partial charge in [-0.1, -0.05) is 0 Å². The Morgan fingerprint density at radius 3 is 2.33 bits per heavy atom. The van der Waals surface area contributed by atoms with Gasteiger partial charge in [-0.05, 0) is 13.8 Å². The minimum atomic E-state index is -3.16. The molecule has 1 unspecified atom stereocenters. The SMILES string of the molecule is C=S(=O)(O)NN=C(C)C. The minimum absolute atomic E-state index is 0.681. The standard InChI is InChI=1S/C4H10N2O2S/c1-4(2)5-6-9(3,7)8/h3H2,1-2H3,(H2,6,7,8). The van der Waals surface area contributed by atoms with E-state index in [1.165, 1.54) is 0 Å². The summed E-state index contributed by atoms with van der Waals surface area (Å²) in [6, 6.07) is 0. The van der Waals surface area contributed by atoms with E-state index in [2.05, 4.69) is 11.0 Å². The van der Waals surface area contributed by atoms with E-state index in [-0.39, 0.29) is 0 Å². The second-order valence-corrected chi connectivity index (χ2v) is 3.25. The molecule has 5 heteroatoms. The molecule has 0 rings (SSSR count). The second kappa shape index (κ2) is 2.84. The van der Waals surface area contributed by atoms with E-state index in [0.717, 1.165) is 0 Å². The highest BCUT2D eigenvalue weighted by Gasteiger charge is 1.88. The van der Waals surface area contributed by atoms with Crippen molar-refractivity contribution in [1.82, 2.24) is 4.83 Å². The maximum Gasteiger partial charge on any atom is 0.175 e. The van der Waals surface area contributed by atoms with Gasteiger partial charge in [-0.15, -0.1) is 0 Å². The van der Waals surface area contributed by atoms with Crippen LogP contribution in [-0.2, 0) is 9.99 Å². The van der Waals surface area contributed by atoms with Gasteiger partial charge in [0.25, 0.3) is 0 Å². The lowest BCUT2D eigenvalue weighted by Crippen LogP contribution is -2.16. The molecular formula is C4H10N2O2S. The predicted molar refractivity (Wildman–Crippen MR) is 39.8 cm³/mol. The highest BCUT2D eigenvalue weighted by atomic mass is 32.2. The van der Waals surface area contributed by atoms with Crippen molar-refractivity contribution in [3.8, 4) is 0 Å². The van der Waals surface area contributed by atoms with Crippen molar-refractivity contribution in [3.05, 3.63) is 0 Å². The Balaban J connectivity index is 3.95. The van der Waals surface area contributed by atoms with Crippen LogP contribution < -0.4 is 4.83 Å². The topological polar surface area (TPSA) is 61.7 Å². The minimum Gasteiger partial charge on any atom is -0.298 e. The first-order valence-electron chi connectivity index (χ1n) is 2.29. The number of nitrogens with zero attached hydrogens (tertiary/aromatic N) is 1. The van der Waals surface area contributed by atoms with Crippen LogP contribution >= 0.6 is 0 Å². The van der Waals surface area contributed by atoms with Gasteiger partial charge >= 0.3 is 0 Å². The van der Waals surface area contributed by atoms with Crippen molar-refractivity contribution in [3.63, 3.8) is 0 Å². The Labute approximate surface area is 54.9 Å². The quantitative estimate of drug-likeness (QED) is 0.332. The van der Waals surface area contributed by atoms with Gasteiger partial charge in [0, 0.05) is 11.6 Å². The fourth-order valence-corrected chi connectivity index (χ4v) is 0.488. The lowest BCUT2D eigenvalue weighted by Gasteiger charge is -1.97. The molecule has 0 saturated heterocycles. The summed E-state index contributed by atoms with van der Waals surface area (Å²) in [7, 11) is -3.16. The smallest absolute Gasteiger partial charge is 0.175 e. The molecule has 0 aliphatic heterocycles. The molecule has 0 radical (unpaired) electrons. The third-order valence-corrected chi connectivity index (χ3v) is 0.788. The first-order chi connectivity index (χ1) is 3.92. The molecule has 0 aromatic carbocycles. The van der Waals surface area contributed by atoms with Crippen LogP contribution in [-0.4, -0.2) is 20.3 Å². The van der Waals surface area contributed by atoms with Gasteiger partial charge in [0.15, 0.2) is 9.99 Å². The molecule has 0 aliphatic carbocycles. The van der Waals surface area contributed by atoms with Crippen LogP contribution in [0.25, 0.3) is 0 Å². The molecule has 0 fully saturated rings. The van der Waals surface area contributed by atoms with Gasteiger partial charge in [-0.25, -0.2) is 9.04 Å². The molecule has 0 heterocycles. The zero-order valence-corrected chi connectivity index (χ0v) is 6.23. The van der Waals surface area contributed by atoms with Gasteiger partial charge in [0.05, 0.1) is 0 Å². The number of hydrazone groups is 1. The van der Waals surface area contributed by atoms with Gasteiger partial charge < -0.3 is 0 Å². The van der Waals surface area contributed by atoms with Gasteiger partial charge in [-0.3, -0.25) is 4.55 Å². The molecule has 0 aromatic heterocycles. The van der Waals surface area contributed by atoms with E-state index in [9.17, 15) is 4.21 Å². The van der Waals surface area contributed by atoms with Crippen molar-refractivity contribution in [2.24, 2.45) is 5.10 Å². The van der Waals surface area contributed by atoms with Crippen LogP contribution in [0.2, 0.25) is 0 Å². The number of hydrogen-bond donors (Lipinski definition) is 2. The summed E-state index contributed by atoms with van der Waals surface area (Å²) in [5.41, 5.74) is 0.681. The van der Waals surface area contributed by atoms with Crippen LogP contribution in [0.1, 0.15) is 13.8 Å². The molecule has 1 atom stereocenters. The van der Waals surface area contributed by atoms with E-state index < -0.39 is 9.99 Å². The molecule has 0 aromatic rings. The summed E-state index contributed by atoms with van der Waals surface area (Å²) in [6.45, 7) is 3.41. The van der Waals surface area contributed by atoms with E-state index in [4.69, 9.17) is 4.55 Å². The summed E-state index contributed by atoms with van der Waals surface area (Å²) in [4.78, 5) is 1.98. The number of hydrogen-bond acceptors (Lipinski definition) is 2. The Bertz CT molecular complexity index is 201. The monoisotopic (exact) mass is 150 g/mol.